The highest BCUT2D eigenvalue weighted by atomic mass is 32.2. The molecule has 2 bridgehead atoms. The number of hydrogen-bond donors (Lipinski definition) is 2. The van der Waals surface area contributed by atoms with Crippen molar-refractivity contribution < 1.29 is 4.79 Å². The minimum absolute atomic E-state index is 0.122. The monoisotopic (exact) mass is 352 g/mol. The summed E-state index contributed by atoms with van der Waals surface area (Å²) in [6.07, 6.45) is 7.93. The van der Waals surface area contributed by atoms with Gasteiger partial charge in [0.1, 0.15) is 0 Å². The molecule has 0 radical (unpaired) electrons. The summed E-state index contributed by atoms with van der Waals surface area (Å²) < 4.78 is 0.871. The number of thioether (sulfide) groups is 1. The van der Waals surface area contributed by atoms with Crippen molar-refractivity contribution >= 4 is 34.1 Å². The fraction of sp³-hybridized carbons (Fsp3) is 0.812. The van der Waals surface area contributed by atoms with Gasteiger partial charge < -0.3 is 10.6 Å². The van der Waals surface area contributed by atoms with Crippen molar-refractivity contribution in [3.05, 3.63) is 0 Å². The number of anilines is 1. The molecule has 3 saturated carbocycles. The zero-order chi connectivity index (χ0) is 15.8. The van der Waals surface area contributed by atoms with Crippen LogP contribution in [0, 0.1) is 17.8 Å². The van der Waals surface area contributed by atoms with Crippen molar-refractivity contribution in [2.75, 3.05) is 11.1 Å². The first-order valence-corrected chi connectivity index (χ1v) is 10.5. The number of carbonyl (C=O) groups is 1. The number of nitrogens with one attached hydrogen (secondary N) is 2. The van der Waals surface area contributed by atoms with Crippen LogP contribution in [-0.2, 0) is 4.79 Å². The van der Waals surface area contributed by atoms with Gasteiger partial charge in [-0.2, -0.15) is 0 Å². The van der Waals surface area contributed by atoms with Crippen LogP contribution >= 0.6 is 23.1 Å². The Morgan fingerprint density at radius 3 is 2.87 bits per heavy atom. The molecule has 0 spiro atoms. The molecule has 4 unspecified atom stereocenters. The van der Waals surface area contributed by atoms with Gasteiger partial charge in [-0.1, -0.05) is 29.5 Å². The highest BCUT2D eigenvalue weighted by molar-refractivity contribution is 8.01. The predicted molar refractivity (Wildman–Crippen MR) is 93.8 cm³/mol. The van der Waals surface area contributed by atoms with Crippen LogP contribution < -0.4 is 10.6 Å². The minimum Gasteiger partial charge on any atom is -0.357 e. The number of rotatable bonds is 7. The first-order valence-electron chi connectivity index (χ1n) is 8.69. The molecule has 7 heteroatoms. The summed E-state index contributed by atoms with van der Waals surface area (Å²) in [5, 5.41) is 15.7. The fourth-order valence-corrected chi connectivity index (χ4v) is 5.80. The van der Waals surface area contributed by atoms with Gasteiger partial charge in [-0.05, 0) is 56.8 Å². The summed E-state index contributed by atoms with van der Waals surface area (Å²) in [6, 6.07) is 0.895. The average Bonchev–Trinajstić information content (AvgIpc) is 2.94. The lowest BCUT2D eigenvalue weighted by Gasteiger charge is -2.28. The van der Waals surface area contributed by atoms with Crippen molar-refractivity contribution in [3.8, 4) is 0 Å². The Morgan fingerprint density at radius 1 is 1.30 bits per heavy atom. The predicted octanol–water partition coefficient (Wildman–Crippen LogP) is 3.15. The molecule has 0 aliphatic heterocycles. The van der Waals surface area contributed by atoms with Gasteiger partial charge in [0.25, 0.3) is 0 Å². The van der Waals surface area contributed by atoms with E-state index >= 15 is 0 Å². The fourth-order valence-electron chi connectivity index (χ4n) is 4.16. The number of nitrogens with zero attached hydrogens (tertiary/aromatic N) is 2. The van der Waals surface area contributed by atoms with Crippen LogP contribution in [0.3, 0.4) is 0 Å². The highest BCUT2D eigenvalue weighted by Crippen LogP contribution is 2.49. The van der Waals surface area contributed by atoms with Crippen molar-refractivity contribution in [3.63, 3.8) is 0 Å². The van der Waals surface area contributed by atoms with E-state index in [1.165, 1.54) is 50.3 Å². The molecule has 1 amide bonds. The summed E-state index contributed by atoms with van der Waals surface area (Å²) in [6.45, 7) is 2.18. The second-order valence-corrected chi connectivity index (χ2v) is 9.48. The second-order valence-electron chi connectivity index (χ2n) is 7.28. The molecule has 0 saturated heterocycles. The average molecular weight is 353 g/mol. The van der Waals surface area contributed by atoms with E-state index in [0.29, 0.717) is 23.8 Å². The van der Waals surface area contributed by atoms with E-state index in [9.17, 15) is 4.79 Å². The van der Waals surface area contributed by atoms with Crippen LogP contribution in [0.25, 0.3) is 0 Å². The summed E-state index contributed by atoms with van der Waals surface area (Å²) in [5.41, 5.74) is 0. The van der Waals surface area contributed by atoms with Crippen LogP contribution in [-0.4, -0.2) is 33.9 Å². The third-order valence-electron chi connectivity index (χ3n) is 5.46. The zero-order valence-corrected chi connectivity index (χ0v) is 15.1. The summed E-state index contributed by atoms with van der Waals surface area (Å²) in [7, 11) is 0. The largest absolute Gasteiger partial charge is 0.357 e. The van der Waals surface area contributed by atoms with E-state index in [2.05, 4.69) is 27.8 Å². The molecular weight excluding hydrogens is 328 g/mol. The third kappa shape index (κ3) is 3.82. The Kier molecular flexibility index (Phi) is 4.50. The molecule has 23 heavy (non-hydrogen) atoms. The van der Waals surface area contributed by atoms with E-state index in [-0.39, 0.29) is 5.91 Å². The quantitative estimate of drug-likeness (QED) is 0.738. The number of carbonyl (C=O) groups excluding carboxylic acids is 1. The van der Waals surface area contributed by atoms with Crippen LogP contribution in [0.5, 0.6) is 0 Å². The van der Waals surface area contributed by atoms with Crippen LogP contribution in [0.15, 0.2) is 4.34 Å². The molecule has 0 aromatic carbocycles. The van der Waals surface area contributed by atoms with Gasteiger partial charge in [0, 0.05) is 12.1 Å². The Labute approximate surface area is 145 Å². The van der Waals surface area contributed by atoms with Gasteiger partial charge in [-0.25, -0.2) is 0 Å². The van der Waals surface area contributed by atoms with Gasteiger partial charge in [0.2, 0.25) is 11.0 Å². The first kappa shape index (κ1) is 15.7. The molecular formula is C16H24N4OS2. The van der Waals surface area contributed by atoms with Gasteiger partial charge in [-0.15, -0.1) is 10.2 Å². The Bertz CT molecular complexity index is 574. The summed E-state index contributed by atoms with van der Waals surface area (Å²) in [5.74, 6) is 3.03. The number of fused-ring (bicyclic) bond motifs is 2. The highest BCUT2D eigenvalue weighted by Gasteiger charge is 2.42. The zero-order valence-electron chi connectivity index (χ0n) is 13.5. The number of aromatic nitrogens is 2. The molecule has 3 aliphatic carbocycles. The maximum Gasteiger partial charge on any atom is 0.230 e. The topological polar surface area (TPSA) is 66.9 Å². The second kappa shape index (κ2) is 6.59. The molecule has 1 aromatic rings. The Morgan fingerprint density at radius 2 is 2.17 bits per heavy atom. The maximum atomic E-state index is 12.2. The van der Waals surface area contributed by atoms with Crippen LogP contribution in [0.4, 0.5) is 5.13 Å². The molecule has 2 N–H and O–H groups in total. The SMILES string of the molecule is CC(NC(=O)CSc1nnc(NC2CC2)s1)C1CC2CCC1C2. The minimum atomic E-state index is 0.122. The lowest BCUT2D eigenvalue weighted by atomic mass is 9.84. The first-order chi connectivity index (χ1) is 11.2. The molecule has 4 rings (SSSR count). The van der Waals surface area contributed by atoms with E-state index in [1.54, 1.807) is 11.3 Å². The van der Waals surface area contributed by atoms with Crippen molar-refractivity contribution in [2.24, 2.45) is 17.8 Å². The smallest absolute Gasteiger partial charge is 0.230 e. The Balaban J connectivity index is 1.21. The maximum absolute atomic E-state index is 12.2. The summed E-state index contributed by atoms with van der Waals surface area (Å²) in [4.78, 5) is 12.2. The van der Waals surface area contributed by atoms with Crippen LogP contribution in [0.1, 0.15) is 45.4 Å². The Hall–Kier alpha value is -0.820. The van der Waals surface area contributed by atoms with Gasteiger partial charge >= 0.3 is 0 Å². The van der Waals surface area contributed by atoms with Gasteiger partial charge in [0.05, 0.1) is 5.75 Å². The molecule has 126 valence electrons. The molecule has 1 heterocycles. The normalized spacial score (nSPS) is 30.4. The summed E-state index contributed by atoms with van der Waals surface area (Å²) >= 11 is 3.04. The van der Waals surface area contributed by atoms with E-state index in [0.717, 1.165) is 21.3 Å². The molecule has 1 aromatic heterocycles. The standard InChI is InChI=1S/C16H24N4OS2/c1-9(13-7-10-2-3-11(13)6-10)17-14(21)8-22-16-20-19-15(23-16)18-12-4-5-12/h9-13H,2-8H2,1H3,(H,17,21)(H,18,19). The van der Waals surface area contributed by atoms with Crippen molar-refractivity contribution in [1.82, 2.24) is 15.5 Å². The van der Waals surface area contributed by atoms with E-state index < -0.39 is 0 Å². The molecule has 4 atom stereocenters. The van der Waals surface area contributed by atoms with Gasteiger partial charge in [0.15, 0.2) is 4.34 Å². The third-order valence-corrected chi connectivity index (χ3v) is 7.45. The molecule has 3 aliphatic rings. The van der Waals surface area contributed by atoms with E-state index in [1.807, 2.05) is 0 Å². The molecule has 5 nitrogen and oxygen atoms in total. The van der Waals surface area contributed by atoms with Gasteiger partial charge in [-0.3, -0.25) is 4.79 Å². The van der Waals surface area contributed by atoms with Crippen molar-refractivity contribution in [2.45, 2.75) is 61.9 Å². The van der Waals surface area contributed by atoms with E-state index in [4.69, 9.17) is 0 Å². The number of amides is 1. The molecule has 3 fully saturated rings. The number of hydrogen-bond acceptors (Lipinski definition) is 6. The van der Waals surface area contributed by atoms with Crippen LogP contribution in [0.2, 0.25) is 0 Å². The van der Waals surface area contributed by atoms with Crippen molar-refractivity contribution in [1.29, 1.82) is 0 Å². The lowest BCUT2D eigenvalue weighted by molar-refractivity contribution is -0.119. The lowest BCUT2D eigenvalue weighted by Crippen LogP contribution is -2.40.